The Hall–Kier alpha value is -0.930. The van der Waals surface area contributed by atoms with Crippen LogP contribution in [0.25, 0.3) is 0 Å². The minimum absolute atomic E-state index is 0.0822. The zero-order chi connectivity index (χ0) is 12.2. The summed E-state index contributed by atoms with van der Waals surface area (Å²) in [7, 11) is 0. The second-order valence-corrected chi connectivity index (χ2v) is 5.13. The first-order chi connectivity index (χ1) is 7.42. The van der Waals surface area contributed by atoms with Gasteiger partial charge >= 0.3 is 6.09 Å². The van der Waals surface area contributed by atoms with E-state index >= 15 is 0 Å². The third kappa shape index (κ3) is 4.29. The van der Waals surface area contributed by atoms with E-state index < -0.39 is 5.60 Å². The third-order valence-corrected chi connectivity index (χ3v) is 2.39. The van der Waals surface area contributed by atoms with Gasteiger partial charge in [0.2, 0.25) is 0 Å². The van der Waals surface area contributed by atoms with Crippen LogP contribution in [0.3, 0.4) is 0 Å². The van der Waals surface area contributed by atoms with Crippen molar-refractivity contribution in [2.75, 3.05) is 13.1 Å². The molecule has 90 valence electrons. The van der Waals surface area contributed by atoms with Crippen molar-refractivity contribution in [1.29, 1.82) is 0 Å². The average Bonchev–Trinajstić information content (AvgIpc) is 2.16. The summed E-state index contributed by atoms with van der Waals surface area (Å²) in [4.78, 5) is 17.5. The molecule has 0 unspecified atom stereocenters. The lowest BCUT2D eigenvalue weighted by Gasteiger charge is -2.32. The highest BCUT2D eigenvalue weighted by atomic mass is 32.1. The number of isothiocyanates is 1. The Kier molecular flexibility index (Phi) is 4.44. The molecule has 4 nitrogen and oxygen atoms in total. The molecule has 1 heterocycles. The van der Waals surface area contributed by atoms with E-state index in [-0.39, 0.29) is 12.1 Å². The van der Waals surface area contributed by atoms with E-state index in [0.29, 0.717) is 6.54 Å². The van der Waals surface area contributed by atoms with Gasteiger partial charge < -0.3 is 9.64 Å². The zero-order valence-electron chi connectivity index (χ0n) is 10.0. The number of carbonyl (C=O) groups is 1. The number of thiocarbonyl (C=S) groups is 1. The van der Waals surface area contributed by atoms with Crippen LogP contribution in [0, 0.1) is 0 Å². The van der Waals surface area contributed by atoms with Gasteiger partial charge in [0.15, 0.2) is 0 Å². The normalized spacial score (nSPS) is 21.2. The molecule has 0 saturated carbocycles. The molecule has 0 radical (unpaired) electrons. The van der Waals surface area contributed by atoms with Gasteiger partial charge in [0, 0.05) is 13.1 Å². The van der Waals surface area contributed by atoms with Gasteiger partial charge in [-0.25, -0.2) is 9.79 Å². The highest BCUT2D eigenvalue weighted by Gasteiger charge is 2.27. The average molecular weight is 242 g/mol. The number of amides is 1. The van der Waals surface area contributed by atoms with Gasteiger partial charge in [0.25, 0.3) is 0 Å². The van der Waals surface area contributed by atoms with Crippen LogP contribution in [0.1, 0.15) is 33.6 Å². The number of aliphatic imine (C=N–C) groups is 1. The van der Waals surface area contributed by atoms with Crippen LogP contribution in [0.15, 0.2) is 4.99 Å². The largest absolute Gasteiger partial charge is 0.444 e. The number of hydrogen-bond acceptors (Lipinski definition) is 4. The molecule has 16 heavy (non-hydrogen) atoms. The highest BCUT2D eigenvalue weighted by Crippen LogP contribution is 2.16. The van der Waals surface area contributed by atoms with Gasteiger partial charge in [0.05, 0.1) is 11.2 Å². The summed E-state index contributed by atoms with van der Waals surface area (Å²) in [6, 6.07) is 0.0822. The minimum Gasteiger partial charge on any atom is -0.444 e. The lowest BCUT2D eigenvalue weighted by Crippen LogP contribution is -2.44. The number of nitrogens with zero attached hydrogens (tertiary/aromatic N) is 2. The van der Waals surface area contributed by atoms with Gasteiger partial charge in [-0.15, -0.1) is 0 Å². The number of rotatable bonds is 1. The van der Waals surface area contributed by atoms with Crippen LogP contribution in [-0.2, 0) is 4.74 Å². The quantitative estimate of drug-likeness (QED) is 0.524. The number of ether oxygens (including phenoxy) is 1. The van der Waals surface area contributed by atoms with E-state index in [9.17, 15) is 4.79 Å². The monoisotopic (exact) mass is 242 g/mol. The van der Waals surface area contributed by atoms with Crippen LogP contribution in [-0.4, -0.2) is 40.9 Å². The summed E-state index contributed by atoms with van der Waals surface area (Å²) in [5.74, 6) is 0. The molecule has 5 heteroatoms. The summed E-state index contributed by atoms with van der Waals surface area (Å²) in [6.07, 6.45) is 1.63. The van der Waals surface area contributed by atoms with Crippen molar-refractivity contribution in [3.05, 3.63) is 0 Å². The summed E-state index contributed by atoms with van der Waals surface area (Å²) in [5, 5.41) is 2.37. The standard InChI is InChI=1S/C11H18N2O2S/c1-11(2,3)15-10(14)13-6-4-5-9(7-13)12-8-16/h9H,4-7H2,1-3H3/t9-/m1/s1. The van der Waals surface area contributed by atoms with Crippen molar-refractivity contribution in [2.24, 2.45) is 4.99 Å². The van der Waals surface area contributed by atoms with E-state index in [1.54, 1.807) is 4.90 Å². The summed E-state index contributed by atoms with van der Waals surface area (Å²) in [6.45, 7) is 6.90. The van der Waals surface area contributed by atoms with E-state index in [1.165, 1.54) is 0 Å². The van der Waals surface area contributed by atoms with E-state index in [2.05, 4.69) is 22.4 Å². The number of piperidine rings is 1. The maximum Gasteiger partial charge on any atom is 0.410 e. The molecule has 1 fully saturated rings. The van der Waals surface area contributed by atoms with Gasteiger partial charge in [-0.2, -0.15) is 0 Å². The Morgan fingerprint density at radius 1 is 1.56 bits per heavy atom. The molecule has 0 bridgehead atoms. The van der Waals surface area contributed by atoms with E-state index in [1.807, 2.05) is 20.8 Å². The maximum absolute atomic E-state index is 11.8. The fraction of sp³-hybridized carbons (Fsp3) is 0.818. The van der Waals surface area contributed by atoms with Gasteiger partial charge in [-0.1, -0.05) is 0 Å². The Labute approximate surface area is 102 Å². The Bertz CT molecular complexity index is 306. The first kappa shape index (κ1) is 13.1. The second kappa shape index (κ2) is 5.41. The van der Waals surface area contributed by atoms with E-state index in [0.717, 1.165) is 19.4 Å². The minimum atomic E-state index is -0.447. The molecule has 1 aliphatic rings. The fourth-order valence-electron chi connectivity index (χ4n) is 1.63. The van der Waals surface area contributed by atoms with Gasteiger partial charge in [0.1, 0.15) is 5.60 Å². The fourth-order valence-corrected chi connectivity index (χ4v) is 1.78. The third-order valence-electron chi connectivity index (χ3n) is 2.28. The Morgan fingerprint density at radius 3 is 2.81 bits per heavy atom. The molecule has 0 aliphatic carbocycles. The van der Waals surface area contributed by atoms with Crippen molar-refractivity contribution in [2.45, 2.75) is 45.3 Å². The molecule has 0 aromatic heterocycles. The first-order valence-corrected chi connectivity index (χ1v) is 5.88. The van der Waals surface area contributed by atoms with Gasteiger partial charge in [-0.05, 0) is 45.8 Å². The first-order valence-electron chi connectivity index (χ1n) is 5.47. The zero-order valence-corrected chi connectivity index (χ0v) is 10.8. The molecule has 1 amide bonds. The molecule has 0 aromatic carbocycles. The summed E-state index contributed by atoms with van der Waals surface area (Å²) < 4.78 is 5.30. The molecule has 1 aliphatic heterocycles. The SMILES string of the molecule is CC(C)(C)OC(=O)N1CCC[C@@H](N=C=S)C1. The van der Waals surface area contributed by atoms with Crippen molar-refractivity contribution in [3.8, 4) is 0 Å². The van der Waals surface area contributed by atoms with Crippen LogP contribution < -0.4 is 0 Å². The molecule has 1 atom stereocenters. The molecule has 0 N–H and O–H groups in total. The molecular weight excluding hydrogens is 224 g/mol. The second-order valence-electron chi connectivity index (χ2n) is 4.94. The van der Waals surface area contributed by atoms with Crippen LogP contribution in [0.5, 0.6) is 0 Å². The van der Waals surface area contributed by atoms with Crippen LogP contribution in [0.4, 0.5) is 4.79 Å². The Balaban J connectivity index is 2.53. The topological polar surface area (TPSA) is 41.9 Å². The lowest BCUT2D eigenvalue weighted by molar-refractivity contribution is 0.0201. The van der Waals surface area contributed by atoms with E-state index in [4.69, 9.17) is 4.74 Å². The predicted octanol–water partition coefficient (Wildman–Crippen LogP) is 2.49. The van der Waals surface area contributed by atoms with Crippen molar-refractivity contribution in [3.63, 3.8) is 0 Å². The van der Waals surface area contributed by atoms with Crippen LogP contribution >= 0.6 is 12.2 Å². The lowest BCUT2D eigenvalue weighted by atomic mass is 10.1. The Morgan fingerprint density at radius 2 is 2.25 bits per heavy atom. The van der Waals surface area contributed by atoms with Crippen molar-refractivity contribution >= 4 is 23.5 Å². The van der Waals surface area contributed by atoms with Crippen molar-refractivity contribution in [1.82, 2.24) is 4.90 Å². The number of likely N-dealkylation sites (tertiary alicyclic amines) is 1. The van der Waals surface area contributed by atoms with Gasteiger partial charge in [-0.3, -0.25) is 0 Å². The molecule has 0 aromatic rings. The molecule has 1 rings (SSSR count). The van der Waals surface area contributed by atoms with Crippen LogP contribution in [0.2, 0.25) is 0 Å². The summed E-state index contributed by atoms with van der Waals surface area (Å²) >= 11 is 4.57. The maximum atomic E-state index is 11.8. The highest BCUT2D eigenvalue weighted by molar-refractivity contribution is 7.78. The number of hydrogen-bond donors (Lipinski definition) is 0. The molecular formula is C11H18N2O2S. The number of carbonyl (C=O) groups excluding carboxylic acids is 1. The van der Waals surface area contributed by atoms with Crippen molar-refractivity contribution < 1.29 is 9.53 Å². The smallest absolute Gasteiger partial charge is 0.410 e. The predicted molar refractivity (Wildman–Crippen MR) is 65.9 cm³/mol. The molecule has 1 saturated heterocycles. The summed E-state index contributed by atoms with van der Waals surface area (Å²) in [5.41, 5.74) is -0.447. The molecule has 0 spiro atoms.